The van der Waals surface area contributed by atoms with Gasteiger partial charge in [-0.25, -0.2) is 9.59 Å². The van der Waals surface area contributed by atoms with Gasteiger partial charge >= 0.3 is 12.1 Å². The Morgan fingerprint density at radius 2 is 1.46 bits per heavy atom. The molecule has 1 unspecified atom stereocenters. The number of alkyl carbamates (subject to hydrolysis) is 1. The van der Waals surface area contributed by atoms with Crippen LogP contribution in [-0.2, 0) is 16.0 Å². The van der Waals surface area contributed by atoms with E-state index in [-0.39, 0.29) is 18.9 Å². The molecule has 0 radical (unpaired) electrons. The van der Waals surface area contributed by atoms with E-state index in [0.29, 0.717) is 0 Å². The predicted molar refractivity (Wildman–Crippen MR) is 151 cm³/mol. The monoisotopic (exact) mass is 514 g/mol. The minimum absolute atomic E-state index is 0.0939. The maximum atomic E-state index is 12.7. The minimum Gasteiger partial charge on any atom is -0.480 e. The van der Waals surface area contributed by atoms with Crippen molar-refractivity contribution in [3.8, 4) is 22.3 Å². The van der Waals surface area contributed by atoms with Crippen molar-refractivity contribution in [2.45, 2.75) is 18.4 Å². The molecule has 1 aromatic heterocycles. The number of nitrogens with one attached hydrogen (secondary N) is 1. The molecule has 6 heteroatoms. The first-order valence-electron chi connectivity index (χ1n) is 12.9. The zero-order valence-corrected chi connectivity index (χ0v) is 21.1. The summed E-state index contributed by atoms with van der Waals surface area (Å²) >= 11 is 0. The van der Waals surface area contributed by atoms with Gasteiger partial charge in [0.05, 0.1) is 5.52 Å². The van der Waals surface area contributed by atoms with Gasteiger partial charge in [-0.1, -0.05) is 91.0 Å². The number of fused-ring (bicyclic) bond motifs is 4. The number of amides is 1. The predicted octanol–water partition coefficient (Wildman–Crippen LogP) is 6.44. The van der Waals surface area contributed by atoms with E-state index < -0.39 is 18.1 Å². The van der Waals surface area contributed by atoms with E-state index in [1.807, 2.05) is 91.1 Å². The Morgan fingerprint density at radius 3 is 2.15 bits per heavy atom. The quantitative estimate of drug-likeness (QED) is 0.261. The molecular formula is C33H26N2O4. The molecule has 5 aromatic rings. The SMILES string of the molecule is O=C(NC(Cc1ccc(-c2cnc3ccccc3c2)cc1)C(=O)O)OCC1c2ccccc2-c2ccccc21. The van der Waals surface area contributed by atoms with Crippen LogP contribution in [0.1, 0.15) is 22.6 Å². The number of hydrogen-bond acceptors (Lipinski definition) is 4. The Bertz CT molecular complexity index is 1630. The van der Waals surface area contributed by atoms with Crippen LogP contribution in [0.4, 0.5) is 4.79 Å². The van der Waals surface area contributed by atoms with Gasteiger partial charge in [0, 0.05) is 29.5 Å². The fourth-order valence-electron chi connectivity index (χ4n) is 5.28. The second kappa shape index (κ2) is 10.4. The van der Waals surface area contributed by atoms with Crippen LogP contribution in [0, 0.1) is 0 Å². The van der Waals surface area contributed by atoms with E-state index in [9.17, 15) is 14.7 Å². The smallest absolute Gasteiger partial charge is 0.407 e. The lowest BCUT2D eigenvalue weighted by atomic mass is 9.98. The molecule has 1 amide bonds. The average molecular weight is 515 g/mol. The Balaban J connectivity index is 1.11. The van der Waals surface area contributed by atoms with Crippen LogP contribution in [0.2, 0.25) is 0 Å². The number of rotatable bonds is 7. The van der Waals surface area contributed by atoms with E-state index in [2.05, 4.69) is 28.5 Å². The molecule has 1 aliphatic carbocycles. The highest BCUT2D eigenvalue weighted by atomic mass is 16.5. The second-order valence-electron chi connectivity index (χ2n) is 9.68. The number of para-hydroxylation sites is 1. The summed E-state index contributed by atoms with van der Waals surface area (Å²) in [5.41, 5.74) is 8.15. The third kappa shape index (κ3) is 4.97. The summed E-state index contributed by atoms with van der Waals surface area (Å²) < 4.78 is 5.55. The topological polar surface area (TPSA) is 88.5 Å². The average Bonchev–Trinajstić information content (AvgIpc) is 3.29. The van der Waals surface area contributed by atoms with E-state index in [0.717, 1.165) is 49.8 Å². The lowest BCUT2D eigenvalue weighted by molar-refractivity contribution is -0.139. The lowest BCUT2D eigenvalue weighted by Gasteiger charge is -2.17. The fraction of sp³-hybridized carbons (Fsp3) is 0.121. The third-order valence-electron chi connectivity index (χ3n) is 7.25. The third-order valence-corrected chi connectivity index (χ3v) is 7.25. The molecule has 0 saturated heterocycles. The zero-order valence-electron chi connectivity index (χ0n) is 21.1. The molecule has 0 bridgehead atoms. The number of hydrogen-bond donors (Lipinski definition) is 2. The molecule has 0 saturated carbocycles. The number of benzene rings is 4. The van der Waals surface area contributed by atoms with Crippen molar-refractivity contribution < 1.29 is 19.4 Å². The largest absolute Gasteiger partial charge is 0.480 e. The van der Waals surface area contributed by atoms with Crippen molar-refractivity contribution >= 4 is 23.0 Å². The summed E-state index contributed by atoms with van der Waals surface area (Å²) in [6.07, 6.45) is 1.22. The van der Waals surface area contributed by atoms with E-state index in [1.165, 1.54) is 0 Å². The molecule has 6 nitrogen and oxygen atoms in total. The highest BCUT2D eigenvalue weighted by Gasteiger charge is 2.29. The summed E-state index contributed by atoms with van der Waals surface area (Å²) in [6, 6.07) is 32.7. The molecule has 2 N–H and O–H groups in total. The van der Waals surface area contributed by atoms with Gasteiger partial charge in [-0.05, 0) is 45.5 Å². The molecule has 4 aromatic carbocycles. The van der Waals surface area contributed by atoms with E-state index >= 15 is 0 Å². The van der Waals surface area contributed by atoms with E-state index in [1.54, 1.807) is 0 Å². The van der Waals surface area contributed by atoms with Crippen LogP contribution in [-0.4, -0.2) is 34.8 Å². The van der Waals surface area contributed by atoms with Crippen LogP contribution in [0.25, 0.3) is 33.2 Å². The van der Waals surface area contributed by atoms with Crippen LogP contribution < -0.4 is 5.32 Å². The van der Waals surface area contributed by atoms with Gasteiger partial charge in [0.2, 0.25) is 0 Å². The number of carbonyl (C=O) groups excluding carboxylic acids is 1. The van der Waals surface area contributed by atoms with Crippen molar-refractivity contribution in [3.63, 3.8) is 0 Å². The van der Waals surface area contributed by atoms with Gasteiger partial charge in [0.25, 0.3) is 0 Å². The first-order chi connectivity index (χ1) is 19.1. The zero-order chi connectivity index (χ0) is 26.8. The number of nitrogens with zero attached hydrogens (tertiary/aromatic N) is 1. The first kappa shape index (κ1) is 24.4. The van der Waals surface area contributed by atoms with Gasteiger partial charge in [-0.3, -0.25) is 4.98 Å². The minimum atomic E-state index is -1.12. The Kier molecular flexibility index (Phi) is 6.51. The lowest BCUT2D eigenvalue weighted by Crippen LogP contribution is -2.42. The maximum Gasteiger partial charge on any atom is 0.407 e. The van der Waals surface area contributed by atoms with Gasteiger partial charge in [-0.2, -0.15) is 0 Å². The molecular weight excluding hydrogens is 488 g/mol. The number of carboxylic acid groups (broad SMARTS) is 1. The van der Waals surface area contributed by atoms with Crippen LogP contribution in [0.3, 0.4) is 0 Å². The van der Waals surface area contributed by atoms with Crippen molar-refractivity contribution in [1.82, 2.24) is 10.3 Å². The second-order valence-corrected chi connectivity index (χ2v) is 9.68. The van der Waals surface area contributed by atoms with Gasteiger partial charge in [0.1, 0.15) is 12.6 Å². The number of aromatic nitrogens is 1. The Morgan fingerprint density at radius 1 is 0.821 bits per heavy atom. The molecule has 1 heterocycles. The van der Waals surface area contributed by atoms with Crippen molar-refractivity contribution in [2.24, 2.45) is 0 Å². The normalized spacial score (nSPS) is 12.9. The summed E-state index contributed by atoms with van der Waals surface area (Å²) in [5, 5.41) is 13.4. The van der Waals surface area contributed by atoms with Crippen molar-refractivity contribution in [1.29, 1.82) is 0 Å². The summed E-state index contributed by atoms with van der Waals surface area (Å²) in [4.78, 5) is 29.1. The van der Waals surface area contributed by atoms with Crippen molar-refractivity contribution in [3.05, 3.63) is 126 Å². The number of carboxylic acids is 1. The first-order valence-corrected chi connectivity index (χ1v) is 12.9. The van der Waals surface area contributed by atoms with Crippen LogP contribution in [0.5, 0.6) is 0 Å². The fourth-order valence-corrected chi connectivity index (χ4v) is 5.28. The number of ether oxygens (including phenoxy) is 1. The molecule has 0 aliphatic heterocycles. The van der Waals surface area contributed by atoms with Crippen LogP contribution in [0.15, 0.2) is 109 Å². The van der Waals surface area contributed by atoms with Gasteiger partial charge in [0.15, 0.2) is 0 Å². The molecule has 1 atom stereocenters. The van der Waals surface area contributed by atoms with Gasteiger partial charge < -0.3 is 15.2 Å². The molecule has 192 valence electrons. The highest BCUT2D eigenvalue weighted by molar-refractivity contribution is 5.84. The molecule has 1 aliphatic rings. The molecule has 0 fully saturated rings. The van der Waals surface area contributed by atoms with E-state index in [4.69, 9.17) is 4.74 Å². The number of carbonyl (C=O) groups is 2. The van der Waals surface area contributed by atoms with Crippen molar-refractivity contribution in [2.75, 3.05) is 6.61 Å². The Labute approximate surface area is 225 Å². The van der Waals surface area contributed by atoms with Gasteiger partial charge in [-0.15, -0.1) is 0 Å². The highest BCUT2D eigenvalue weighted by Crippen LogP contribution is 2.44. The standard InChI is InChI=1S/C33H26N2O4/c36-32(37)31(17-21-13-15-22(16-14-21)24-18-23-7-1-6-12-30(23)34-19-24)35-33(38)39-20-29-27-10-4-2-8-25(27)26-9-3-5-11-28(26)29/h1-16,18-19,29,31H,17,20H2,(H,35,38)(H,36,37). The molecule has 39 heavy (non-hydrogen) atoms. The summed E-state index contributed by atoms with van der Waals surface area (Å²) in [7, 11) is 0. The summed E-state index contributed by atoms with van der Waals surface area (Å²) in [6.45, 7) is 0.126. The molecule has 6 rings (SSSR count). The summed E-state index contributed by atoms with van der Waals surface area (Å²) in [5.74, 6) is -1.21. The Hall–Kier alpha value is -4.97. The maximum absolute atomic E-state index is 12.7. The number of pyridine rings is 1. The molecule has 0 spiro atoms. The van der Waals surface area contributed by atoms with Crippen LogP contribution >= 0.6 is 0 Å². The number of aliphatic carboxylic acids is 1.